The quantitative estimate of drug-likeness (QED) is 0.589. The first-order chi connectivity index (χ1) is 12.6. The number of hydrogen-bond donors (Lipinski definition) is 0. The van der Waals surface area contributed by atoms with Gasteiger partial charge in [0.05, 0.1) is 18.6 Å². The van der Waals surface area contributed by atoms with Gasteiger partial charge in [-0.15, -0.1) is 0 Å². The van der Waals surface area contributed by atoms with Crippen LogP contribution in [-0.4, -0.2) is 29.0 Å². The molecule has 4 rings (SSSR count). The monoisotopic (exact) mass is 385 g/mol. The van der Waals surface area contributed by atoms with Crippen molar-refractivity contribution in [3.8, 4) is 17.2 Å². The summed E-state index contributed by atoms with van der Waals surface area (Å²) in [5, 5.41) is 0. The Bertz CT molecular complexity index is 908. The maximum Gasteiger partial charge on any atom is 0.266 e. The van der Waals surface area contributed by atoms with Crippen molar-refractivity contribution in [1.29, 1.82) is 0 Å². The molecule has 0 saturated carbocycles. The minimum Gasteiger partial charge on any atom is -0.497 e. The fraction of sp³-hybridized carbons (Fsp3) is 0.158. The highest BCUT2D eigenvalue weighted by Crippen LogP contribution is 2.36. The molecule has 2 aromatic rings. The lowest BCUT2D eigenvalue weighted by Crippen LogP contribution is -2.27. The van der Waals surface area contributed by atoms with Gasteiger partial charge in [-0.25, -0.2) is 0 Å². The van der Waals surface area contributed by atoms with Crippen LogP contribution in [0.15, 0.2) is 47.4 Å². The van der Waals surface area contributed by atoms with Gasteiger partial charge in [0.25, 0.3) is 5.91 Å². The zero-order chi connectivity index (χ0) is 18.1. The van der Waals surface area contributed by atoms with Crippen molar-refractivity contribution in [3.63, 3.8) is 0 Å². The molecule has 0 aromatic heterocycles. The predicted octanol–water partition coefficient (Wildman–Crippen LogP) is 3.83. The van der Waals surface area contributed by atoms with E-state index in [0.717, 1.165) is 22.6 Å². The summed E-state index contributed by atoms with van der Waals surface area (Å²) in [7, 11) is 1.62. The van der Waals surface area contributed by atoms with Crippen LogP contribution in [0.3, 0.4) is 0 Å². The van der Waals surface area contributed by atoms with Gasteiger partial charge in [0.15, 0.2) is 11.5 Å². The van der Waals surface area contributed by atoms with Gasteiger partial charge in [-0.3, -0.25) is 9.69 Å². The van der Waals surface area contributed by atoms with Gasteiger partial charge in [-0.2, -0.15) is 0 Å². The normalized spacial score (nSPS) is 17.3. The van der Waals surface area contributed by atoms with E-state index in [1.165, 1.54) is 11.8 Å². The van der Waals surface area contributed by atoms with E-state index in [1.54, 1.807) is 12.0 Å². The smallest absolute Gasteiger partial charge is 0.266 e. The first-order valence-corrected chi connectivity index (χ1v) is 9.14. The van der Waals surface area contributed by atoms with Crippen LogP contribution in [0.25, 0.3) is 6.08 Å². The SMILES string of the molecule is COc1ccc(C=C2SC(=S)N(Cc3ccc4c(c3)OCO4)C2=O)cc1. The van der Waals surface area contributed by atoms with E-state index in [0.29, 0.717) is 21.5 Å². The van der Waals surface area contributed by atoms with E-state index in [4.69, 9.17) is 26.4 Å². The Balaban J connectivity index is 1.52. The molecular weight excluding hydrogens is 370 g/mol. The van der Waals surface area contributed by atoms with Crippen LogP contribution < -0.4 is 14.2 Å². The van der Waals surface area contributed by atoms with E-state index >= 15 is 0 Å². The molecule has 26 heavy (non-hydrogen) atoms. The maximum atomic E-state index is 12.8. The molecule has 0 unspecified atom stereocenters. The average Bonchev–Trinajstić information content (AvgIpc) is 3.22. The second-order valence-electron chi connectivity index (χ2n) is 5.73. The third-order valence-electron chi connectivity index (χ3n) is 4.06. The second-order valence-corrected chi connectivity index (χ2v) is 7.40. The number of benzene rings is 2. The molecule has 0 atom stereocenters. The lowest BCUT2D eigenvalue weighted by Gasteiger charge is -2.14. The van der Waals surface area contributed by atoms with Gasteiger partial charge >= 0.3 is 0 Å². The van der Waals surface area contributed by atoms with Crippen LogP contribution >= 0.6 is 24.0 Å². The molecular formula is C19H15NO4S2. The van der Waals surface area contributed by atoms with Crippen molar-refractivity contribution in [2.75, 3.05) is 13.9 Å². The minimum absolute atomic E-state index is 0.0894. The molecule has 7 heteroatoms. The summed E-state index contributed by atoms with van der Waals surface area (Å²) in [4.78, 5) is 15.0. The summed E-state index contributed by atoms with van der Waals surface area (Å²) in [5.74, 6) is 2.10. The fourth-order valence-electron chi connectivity index (χ4n) is 2.71. The van der Waals surface area contributed by atoms with Crippen molar-refractivity contribution in [2.24, 2.45) is 0 Å². The summed E-state index contributed by atoms with van der Waals surface area (Å²) < 4.78 is 16.4. The maximum absolute atomic E-state index is 12.8. The van der Waals surface area contributed by atoms with E-state index in [-0.39, 0.29) is 12.7 Å². The highest BCUT2D eigenvalue weighted by atomic mass is 32.2. The third-order valence-corrected chi connectivity index (χ3v) is 5.44. The predicted molar refractivity (Wildman–Crippen MR) is 104 cm³/mol. The first-order valence-electron chi connectivity index (χ1n) is 7.92. The second kappa shape index (κ2) is 7.01. The Morgan fingerprint density at radius 2 is 1.96 bits per heavy atom. The largest absolute Gasteiger partial charge is 0.497 e. The molecule has 0 radical (unpaired) electrons. The molecule has 0 N–H and O–H groups in total. The number of thiocarbonyl (C=S) groups is 1. The molecule has 5 nitrogen and oxygen atoms in total. The number of methoxy groups -OCH3 is 1. The minimum atomic E-state index is -0.0894. The van der Waals surface area contributed by atoms with Crippen molar-refractivity contribution in [3.05, 3.63) is 58.5 Å². The number of hydrogen-bond acceptors (Lipinski definition) is 6. The van der Waals surface area contributed by atoms with Gasteiger partial charge < -0.3 is 14.2 Å². The Hall–Kier alpha value is -2.51. The Morgan fingerprint density at radius 1 is 1.19 bits per heavy atom. The van der Waals surface area contributed by atoms with Gasteiger partial charge in [0.2, 0.25) is 6.79 Å². The average molecular weight is 385 g/mol. The molecule has 1 amide bonds. The zero-order valence-corrected chi connectivity index (χ0v) is 15.6. The molecule has 0 bridgehead atoms. The first kappa shape index (κ1) is 16.9. The summed E-state index contributed by atoms with van der Waals surface area (Å²) in [6, 6.07) is 13.2. The van der Waals surface area contributed by atoms with E-state index in [2.05, 4.69) is 0 Å². The zero-order valence-electron chi connectivity index (χ0n) is 13.9. The van der Waals surface area contributed by atoms with Gasteiger partial charge in [-0.05, 0) is 41.5 Å². The van der Waals surface area contributed by atoms with Crippen molar-refractivity contribution in [1.82, 2.24) is 4.90 Å². The number of amides is 1. The summed E-state index contributed by atoms with van der Waals surface area (Å²) in [6.07, 6.45) is 1.85. The molecule has 2 aromatic carbocycles. The topological polar surface area (TPSA) is 48.0 Å². The number of thioether (sulfide) groups is 1. The van der Waals surface area contributed by atoms with E-state index < -0.39 is 0 Å². The van der Waals surface area contributed by atoms with Crippen LogP contribution in [0.5, 0.6) is 17.2 Å². The molecule has 1 saturated heterocycles. The van der Waals surface area contributed by atoms with Crippen LogP contribution in [0.2, 0.25) is 0 Å². The molecule has 132 valence electrons. The molecule has 2 aliphatic rings. The Morgan fingerprint density at radius 3 is 2.73 bits per heavy atom. The Labute approximate surface area is 160 Å². The van der Waals surface area contributed by atoms with Crippen LogP contribution in [-0.2, 0) is 11.3 Å². The van der Waals surface area contributed by atoms with E-state index in [1.807, 2.05) is 48.5 Å². The number of fused-ring (bicyclic) bond motifs is 1. The number of nitrogens with zero attached hydrogens (tertiary/aromatic N) is 1. The molecule has 2 aliphatic heterocycles. The van der Waals surface area contributed by atoms with Crippen LogP contribution in [0, 0.1) is 0 Å². The van der Waals surface area contributed by atoms with Gasteiger partial charge in [0.1, 0.15) is 10.1 Å². The molecule has 0 aliphatic carbocycles. The summed E-state index contributed by atoms with van der Waals surface area (Å²) >= 11 is 6.71. The lowest BCUT2D eigenvalue weighted by atomic mass is 10.2. The molecule has 1 fully saturated rings. The molecule has 0 spiro atoms. The standard InChI is InChI=1S/C19H15NO4S2/c1-22-14-5-2-12(3-6-14)9-17-18(21)20(19(25)26-17)10-13-4-7-15-16(8-13)24-11-23-15/h2-9H,10-11H2,1H3. The van der Waals surface area contributed by atoms with Crippen LogP contribution in [0.1, 0.15) is 11.1 Å². The van der Waals surface area contributed by atoms with Gasteiger partial charge in [0, 0.05) is 0 Å². The third kappa shape index (κ3) is 3.27. The number of carbonyl (C=O) groups excluding carboxylic acids is 1. The number of rotatable bonds is 4. The highest BCUT2D eigenvalue weighted by molar-refractivity contribution is 8.26. The van der Waals surface area contributed by atoms with Crippen LogP contribution in [0.4, 0.5) is 0 Å². The number of carbonyl (C=O) groups is 1. The van der Waals surface area contributed by atoms with E-state index in [9.17, 15) is 4.79 Å². The summed E-state index contributed by atoms with van der Waals surface area (Å²) in [5.41, 5.74) is 1.87. The molecule has 2 heterocycles. The van der Waals surface area contributed by atoms with Crippen molar-refractivity contribution >= 4 is 40.3 Å². The van der Waals surface area contributed by atoms with Crippen molar-refractivity contribution in [2.45, 2.75) is 6.54 Å². The lowest BCUT2D eigenvalue weighted by molar-refractivity contribution is -0.122. The number of ether oxygens (including phenoxy) is 3. The highest BCUT2D eigenvalue weighted by Gasteiger charge is 2.32. The fourth-order valence-corrected chi connectivity index (χ4v) is 3.96. The Kier molecular flexibility index (Phi) is 4.57. The summed E-state index contributed by atoms with van der Waals surface area (Å²) in [6.45, 7) is 0.631. The van der Waals surface area contributed by atoms with Crippen molar-refractivity contribution < 1.29 is 19.0 Å². The van der Waals surface area contributed by atoms with Gasteiger partial charge in [-0.1, -0.05) is 42.2 Å².